The summed E-state index contributed by atoms with van der Waals surface area (Å²) < 4.78 is 0. The first-order valence-electron chi connectivity index (χ1n) is 4.60. The molecule has 0 radical (unpaired) electrons. The first-order chi connectivity index (χ1) is 5.18. The van der Waals surface area contributed by atoms with Crippen LogP contribution >= 0.6 is 0 Å². The molecular formula is C9H19NO. The van der Waals surface area contributed by atoms with Crippen LogP contribution in [0.4, 0.5) is 0 Å². The van der Waals surface area contributed by atoms with Crippen molar-refractivity contribution in [1.29, 1.82) is 0 Å². The Hall–Kier alpha value is -0.0800. The van der Waals surface area contributed by atoms with Gasteiger partial charge in [-0.25, -0.2) is 0 Å². The van der Waals surface area contributed by atoms with E-state index in [0.717, 1.165) is 25.3 Å². The molecule has 1 saturated carbocycles. The Balaban J connectivity index is 1.89. The average Bonchev–Trinajstić information content (AvgIpc) is 1.83. The highest BCUT2D eigenvalue weighted by atomic mass is 16.3. The maximum Gasteiger partial charge on any atom is 0.0570 e. The maximum absolute atomic E-state index is 8.99. The summed E-state index contributed by atoms with van der Waals surface area (Å²) in [6.45, 7) is 5.57. The van der Waals surface area contributed by atoms with Gasteiger partial charge in [0.2, 0.25) is 0 Å². The van der Waals surface area contributed by atoms with Crippen molar-refractivity contribution in [3.05, 3.63) is 0 Å². The van der Waals surface area contributed by atoms with E-state index in [4.69, 9.17) is 5.11 Å². The summed E-state index contributed by atoms with van der Waals surface area (Å²) in [4.78, 5) is 0. The summed E-state index contributed by atoms with van der Waals surface area (Å²) in [6, 6.07) is 0.601. The highest BCUT2D eigenvalue weighted by Gasteiger charge is 2.25. The number of hydrogen-bond acceptors (Lipinski definition) is 2. The van der Waals surface area contributed by atoms with Gasteiger partial charge in [-0.3, -0.25) is 0 Å². The molecule has 2 heteroatoms. The molecule has 0 aromatic carbocycles. The Labute approximate surface area is 69.0 Å². The van der Waals surface area contributed by atoms with E-state index in [1.165, 1.54) is 6.42 Å². The molecule has 2 N–H and O–H groups in total. The van der Waals surface area contributed by atoms with Crippen LogP contribution < -0.4 is 5.32 Å². The molecule has 0 aromatic heterocycles. The Morgan fingerprint density at radius 1 is 1.45 bits per heavy atom. The van der Waals surface area contributed by atoms with E-state index in [1.807, 2.05) is 0 Å². The summed E-state index contributed by atoms with van der Waals surface area (Å²) in [7, 11) is 0. The average molecular weight is 157 g/mol. The fourth-order valence-corrected chi connectivity index (χ4v) is 1.33. The van der Waals surface area contributed by atoms with Crippen molar-refractivity contribution in [2.24, 2.45) is 5.92 Å². The predicted octanol–water partition coefficient (Wildman–Crippen LogP) is 1.15. The van der Waals surface area contributed by atoms with Crippen LogP contribution in [0.2, 0.25) is 0 Å². The molecule has 1 fully saturated rings. The number of hydrogen-bond donors (Lipinski definition) is 2. The van der Waals surface area contributed by atoms with Crippen molar-refractivity contribution >= 4 is 0 Å². The van der Waals surface area contributed by atoms with Crippen molar-refractivity contribution in [3.8, 4) is 0 Å². The maximum atomic E-state index is 8.99. The van der Waals surface area contributed by atoms with Gasteiger partial charge in [0.05, 0.1) is 6.10 Å². The van der Waals surface area contributed by atoms with Crippen molar-refractivity contribution < 1.29 is 5.11 Å². The molecule has 0 aliphatic heterocycles. The number of aliphatic hydroxyl groups excluding tert-OH is 1. The second-order valence-corrected chi connectivity index (χ2v) is 3.96. The molecular weight excluding hydrogens is 138 g/mol. The van der Waals surface area contributed by atoms with Crippen LogP contribution in [-0.2, 0) is 0 Å². The molecule has 0 spiro atoms. The first kappa shape index (κ1) is 9.01. The Bertz CT molecular complexity index is 108. The van der Waals surface area contributed by atoms with Crippen LogP contribution in [0.3, 0.4) is 0 Å². The molecule has 0 atom stereocenters. The molecule has 0 heterocycles. The molecule has 0 bridgehead atoms. The zero-order valence-electron chi connectivity index (χ0n) is 7.51. The van der Waals surface area contributed by atoms with Crippen molar-refractivity contribution in [2.45, 2.75) is 45.3 Å². The van der Waals surface area contributed by atoms with Gasteiger partial charge in [-0.2, -0.15) is 0 Å². The summed E-state index contributed by atoms with van der Waals surface area (Å²) in [6.07, 6.45) is 3.13. The highest BCUT2D eigenvalue weighted by Crippen LogP contribution is 2.19. The summed E-state index contributed by atoms with van der Waals surface area (Å²) >= 11 is 0. The minimum Gasteiger partial charge on any atom is -0.393 e. The van der Waals surface area contributed by atoms with E-state index in [-0.39, 0.29) is 6.10 Å². The molecule has 1 aliphatic rings. The smallest absolute Gasteiger partial charge is 0.0570 e. The first-order valence-corrected chi connectivity index (χ1v) is 4.60. The van der Waals surface area contributed by atoms with Crippen LogP contribution in [0.15, 0.2) is 0 Å². The summed E-state index contributed by atoms with van der Waals surface area (Å²) in [5.74, 6) is 0.785. The normalized spacial score (nSPS) is 30.5. The third kappa shape index (κ3) is 3.21. The monoisotopic (exact) mass is 157 g/mol. The van der Waals surface area contributed by atoms with Gasteiger partial charge in [0.25, 0.3) is 0 Å². The number of rotatable bonds is 4. The van der Waals surface area contributed by atoms with Crippen molar-refractivity contribution in [2.75, 3.05) is 6.54 Å². The van der Waals surface area contributed by atoms with E-state index in [0.29, 0.717) is 6.04 Å². The molecule has 1 rings (SSSR count). The summed E-state index contributed by atoms with van der Waals surface area (Å²) in [5, 5.41) is 12.4. The molecule has 66 valence electrons. The third-order valence-corrected chi connectivity index (χ3v) is 2.27. The van der Waals surface area contributed by atoms with Crippen LogP contribution in [0.25, 0.3) is 0 Å². The van der Waals surface area contributed by atoms with Crippen molar-refractivity contribution in [3.63, 3.8) is 0 Å². The zero-order chi connectivity index (χ0) is 8.27. The lowest BCUT2D eigenvalue weighted by Gasteiger charge is -2.32. The Morgan fingerprint density at radius 2 is 2.09 bits per heavy atom. The van der Waals surface area contributed by atoms with Gasteiger partial charge in [0, 0.05) is 6.04 Å². The highest BCUT2D eigenvalue weighted by molar-refractivity contribution is 4.84. The molecule has 0 amide bonds. The van der Waals surface area contributed by atoms with Crippen LogP contribution in [-0.4, -0.2) is 23.8 Å². The summed E-state index contributed by atoms with van der Waals surface area (Å²) in [5.41, 5.74) is 0. The van der Waals surface area contributed by atoms with Crippen molar-refractivity contribution in [1.82, 2.24) is 5.32 Å². The molecule has 0 aromatic rings. The van der Waals surface area contributed by atoms with Crippen LogP contribution in [0.5, 0.6) is 0 Å². The Morgan fingerprint density at radius 3 is 2.55 bits per heavy atom. The van der Waals surface area contributed by atoms with E-state index < -0.39 is 0 Å². The third-order valence-electron chi connectivity index (χ3n) is 2.27. The molecule has 1 aliphatic carbocycles. The topological polar surface area (TPSA) is 32.3 Å². The fourth-order valence-electron chi connectivity index (χ4n) is 1.33. The van der Waals surface area contributed by atoms with Gasteiger partial charge in [0.15, 0.2) is 0 Å². The van der Waals surface area contributed by atoms with E-state index in [1.54, 1.807) is 0 Å². The van der Waals surface area contributed by atoms with Gasteiger partial charge in [-0.05, 0) is 31.7 Å². The predicted molar refractivity (Wildman–Crippen MR) is 46.5 cm³/mol. The second-order valence-electron chi connectivity index (χ2n) is 3.96. The molecule has 11 heavy (non-hydrogen) atoms. The zero-order valence-corrected chi connectivity index (χ0v) is 7.51. The minimum atomic E-state index is -0.0217. The lowest BCUT2D eigenvalue weighted by molar-refractivity contribution is 0.0623. The number of nitrogens with one attached hydrogen (secondary N) is 1. The standard InChI is InChI=1S/C9H19NO/c1-7(2)3-4-10-8-5-9(11)6-8/h7-11H,3-6H2,1-2H3. The van der Waals surface area contributed by atoms with E-state index in [9.17, 15) is 0 Å². The van der Waals surface area contributed by atoms with Crippen LogP contribution in [0, 0.1) is 5.92 Å². The Kier molecular flexibility index (Phi) is 3.34. The largest absolute Gasteiger partial charge is 0.393 e. The van der Waals surface area contributed by atoms with Gasteiger partial charge >= 0.3 is 0 Å². The van der Waals surface area contributed by atoms with Gasteiger partial charge in [-0.15, -0.1) is 0 Å². The van der Waals surface area contributed by atoms with E-state index >= 15 is 0 Å². The SMILES string of the molecule is CC(C)CCNC1CC(O)C1. The number of aliphatic hydroxyl groups is 1. The van der Waals surface area contributed by atoms with Gasteiger partial charge in [0.1, 0.15) is 0 Å². The van der Waals surface area contributed by atoms with Gasteiger partial charge < -0.3 is 10.4 Å². The quantitative estimate of drug-likeness (QED) is 0.641. The molecule has 0 saturated heterocycles. The molecule has 2 nitrogen and oxygen atoms in total. The fraction of sp³-hybridized carbons (Fsp3) is 1.00. The minimum absolute atomic E-state index is 0.0217. The lowest BCUT2D eigenvalue weighted by atomic mass is 9.89. The van der Waals surface area contributed by atoms with E-state index in [2.05, 4.69) is 19.2 Å². The molecule has 0 unspecified atom stereocenters. The van der Waals surface area contributed by atoms with Gasteiger partial charge in [-0.1, -0.05) is 13.8 Å². The van der Waals surface area contributed by atoms with Crippen LogP contribution in [0.1, 0.15) is 33.1 Å². The second kappa shape index (κ2) is 4.07. The lowest BCUT2D eigenvalue weighted by Crippen LogP contribution is -2.44.